The number of carbonyl (C=O) groups is 6. The number of hydrazone groups is 1. The van der Waals surface area contributed by atoms with E-state index in [4.69, 9.17) is 52.4 Å². The van der Waals surface area contributed by atoms with Gasteiger partial charge in [-0.05, 0) is 169 Å². The molecule has 6 rings (SSSR count). The molecule has 0 fully saturated rings. The van der Waals surface area contributed by atoms with Gasteiger partial charge in [-0.3, -0.25) is 5.43 Å². The zero-order valence-electron chi connectivity index (χ0n) is 49.7. The number of aromatic nitrogens is 1. The third kappa shape index (κ3) is 23.5. The van der Waals surface area contributed by atoms with Crippen LogP contribution in [-0.4, -0.2) is 99.9 Å². The van der Waals surface area contributed by atoms with E-state index in [1.807, 2.05) is 18.2 Å². The molecule has 0 atom stereocenters. The summed E-state index contributed by atoms with van der Waals surface area (Å²) in [7, 11) is 0. The lowest BCUT2D eigenvalue weighted by molar-refractivity contribution is -0.138. The van der Waals surface area contributed by atoms with Crippen LogP contribution in [0.2, 0.25) is 0 Å². The van der Waals surface area contributed by atoms with Crippen molar-refractivity contribution in [3.63, 3.8) is 0 Å². The molecule has 88 heavy (non-hydrogen) atoms. The fourth-order valence-corrected chi connectivity index (χ4v) is 9.46. The molecule has 466 valence electrons. The Kier molecular flexibility index (Phi) is 29.8. The van der Waals surface area contributed by atoms with Gasteiger partial charge in [0, 0.05) is 35.1 Å². The van der Waals surface area contributed by atoms with E-state index in [1.54, 1.807) is 72.8 Å². The van der Waals surface area contributed by atoms with Gasteiger partial charge < -0.3 is 47.4 Å². The van der Waals surface area contributed by atoms with Crippen LogP contribution in [-0.2, 0) is 38.1 Å². The highest BCUT2D eigenvalue weighted by molar-refractivity contribution is 7.22. The second kappa shape index (κ2) is 38.7. The lowest BCUT2D eigenvalue weighted by atomic mass is 10.0. The molecule has 0 unspecified atom stereocenters. The maximum absolute atomic E-state index is 14.4. The van der Waals surface area contributed by atoms with Gasteiger partial charge in [-0.15, -0.1) is 0 Å². The second-order valence-electron chi connectivity index (χ2n) is 19.8. The number of benzene rings is 5. The number of rotatable bonds is 43. The number of hydrogen-bond acceptors (Lipinski definition) is 20. The molecule has 0 aliphatic rings. The number of esters is 6. The molecule has 0 amide bonds. The van der Waals surface area contributed by atoms with E-state index in [-0.39, 0.29) is 47.2 Å². The highest BCUT2D eigenvalue weighted by Crippen LogP contribution is 2.46. The molecule has 0 spiro atoms. The maximum atomic E-state index is 14.4. The van der Waals surface area contributed by atoms with Gasteiger partial charge in [-0.1, -0.05) is 61.9 Å². The van der Waals surface area contributed by atoms with Crippen molar-refractivity contribution in [3.8, 4) is 34.5 Å². The number of fused-ring (bicyclic) bond motifs is 2. The number of hydrogen-bond donors (Lipinski definition) is 1. The summed E-state index contributed by atoms with van der Waals surface area (Å²) in [5, 5.41) is 5.89. The van der Waals surface area contributed by atoms with Crippen molar-refractivity contribution in [1.82, 2.24) is 4.98 Å². The van der Waals surface area contributed by atoms with Crippen molar-refractivity contribution in [2.75, 3.05) is 58.3 Å². The van der Waals surface area contributed by atoms with E-state index >= 15 is 0 Å². The van der Waals surface area contributed by atoms with E-state index in [0.717, 1.165) is 112 Å². The molecule has 0 radical (unpaired) electrons. The Labute approximate surface area is 517 Å². The van der Waals surface area contributed by atoms with E-state index < -0.39 is 35.8 Å². The predicted molar refractivity (Wildman–Crippen MR) is 338 cm³/mol. The van der Waals surface area contributed by atoms with Crippen LogP contribution in [0.5, 0.6) is 34.5 Å². The van der Waals surface area contributed by atoms with Crippen LogP contribution in [0, 0.1) is 0 Å². The topological polar surface area (TPSA) is 232 Å². The molecular weight excluding hydrogens is 1150 g/mol. The molecule has 6 aromatic rings. The van der Waals surface area contributed by atoms with Crippen LogP contribution in [0.3, 0.4) is 0 Å². The summed E-state index contributed by atoms with van der Waals surface area (Å²) in [5.41, 5.74) is 4.37. The summed E-state index contributed by atoms with van der Waals surface area (Å²) in [6, 6.07) is 25.8. The minimum absolute atomic E-state index is 0.0527. The standard InChI is InChI=1S/C68H77N3O16S/c1-5-59(72)81-42-22-12-9-19-39-78-51-33-29-49(30-34-51)66(76)86-63-54-27-17-18-28-55(54)65(87-67(77)50-31-35-52(36-32-50)79-40-20-10-13-23-43-82-60(73)6-2)64(85-46-26-16-15-25-45-84-62(75)8-4)56(63)48-69-71-68-70-57-38-37-53(47-58(57)88-68)80-41-21-11-14-24-44-83-61(74)7-3/h5-8,17-18,27-38,47-48H,1-4,9-16,19-26,39-46H2,(H,70,71)/b69-48+. The van der Waals surface area contributed by atoms with Gasteiger partial charge in [0.15, 0.2) is 17.2 Å². The monoisotopic (exact) mass is 1220 g/mol. The average molecular weight is 1220 g/mol. The van der Waals surface area contributed by atoms with Crippen molar-refractivity contribution in [3.05, 3.63) is 158 Å². The number of nitrogens with zero attached hydrogens (tertiary/aromatic N) is 2. The number of carbonyl (C=O) groups excluding carboxylic acids is 6. The predicted octanol–water partition coefficient (Wildman–Crippen LogP) is 14.0. The molecule has 0 aliphatic heterocycles. The number of thiazole rings is 1. The molecule has 1 N–H and O–H groups in total. The van der Waals surface area contributed by atoms with Gasteiger partial charge in [0.05, 0.1) is 86.0 Å². The number of anilines is 1. The first-order chi connectivity index (χ1) is 43.0. The first kappa shape index (κ1) is 67.8. The zero-order valence-corrected chi connectivity index (χ0v) is 50.5. The molecule has 5 aromatic carbocycles. The summed E-state index contributed by atoms with van der Waals surface area (Å²) >= 11 is 1.35. The van der Waals surface area contributed by atoms with Crippen molar-refractivity contribution >= 4 is 79.5 Å². The number of ether oxygens (including phenoxy) is 10. The van der Waals surface area contributed by atoms with Crippen LogP contribution in [0.15, 0.2) is 147 Å². The molecule has 20 heteroatoms. The molecule has 0 bridgehead atoms. The summed E-state index contributed by atoms with van der Waals surface area (Å²) < 4.78 is 58.5. The van der Waals surface area contributed by atoms with Crippen molar-refractivity contribution in [2.45, 2.75) is 103 Å². The summed E-state index contributed by atoms with van der Waals surface area (Å²) in [6.45, 7) is 16.5. The Balaban J connectivity index is 1.25. The van der Waals surface area contributed by atoms with Crippen molar-refractivity contribution in [1.29, 1.82) is 0 Å². The number of nitrogens with one attached hydrogen (secondary N) is 1. The minimum Gasteiger partial charge on any atom is -0.494 e. The molecule has 19 nitrogen and oxygen atoms in total. The Hall–Kier alpha value is -9.30. The molecule has 0 aliphatic carbocycles. The van der Waals surface area contributed by atoms with Crippen LogP contribution >= 0.6 is 11.3 Å². The van der Waals surface area contributed by atoms with Crippen molar-refractivity contribution in [2.24, 2.45) is 5.10 Å². The van der Waals surface area contributed by atoms with Gasteiger partial charge in [-0.25, -0.2) is 33.8 Å². The van der Waals surface area contributed by atoms with E-state index in [0.29, 0.717) is 97.6 Å². The van der Waals surface area contributed by atoms with E-state index in [9.17, 15) is 28.8 Å². The molecule has 0 saturated carbocycles. The van der Waals surface area contributed by atoms with Crippen LogP contribution in [0.25, 0.3) is 21.0 Å². The lowest BCUT2D eigenvalue weighted by Gasteiger charge is -2.20. The van der Waals surface area contributed by atoms with Crippen LogP contribution < -0.4 is 33.8 Å². The van der Waals surface area contributed by atoms with Gasteiger partial charge in [0.2, 0.25) is 5.13 Å². The zero-order chi connectivity index (χ0) is 62.6. The minimum atomic E-state index is -0.700. The lowest BCUT2D eigenvalue weighted by Crippen LogP contribution is -2.14. The first-order valence-electron chi connectivity index (χ1n) is 29.6. The third-order valence-corrected chi connectivity index (χ3v) is 14.2. The number of unbranched alkanes of at least 4 members (excludes halogenated alkanes) is 12. The summed E-state index contributed by atoms with van der Waals surface area (Å²) in [6.07, 6.45) is 18.4. The fraction of sp³-hybridized carbons (Fsp3) is 0.353. The van der Waals surface area contributed by atoms with Gasteiger partial charge in [0.1, 0.15) is 17.2 Å². The largest absolute Gasteiger partial charge is 0.494 e. The van der Waals surface area contributed by atoms with Crippen LogP contribution in [0.4, 0.5) is 5.13 Å². The highest BCUT2D eigenvalue weighted by atomic mass is 32.1. The highest BCUT2D eigenvalue weighted by Gasteiger charge is 2.27. The Bertz CT molecular complexity index is 3300. The average Bonchev–Trinajstić information content (AvgIpc) is 1.32. The van der Waals surface area contributed by atoms with Crippen LogP contribution in [0.1, 0.15) is 129 Å². The van der Waals surface area contributed by atoms with Gasteiger partial charge in [-0.2, -0.15) is 5.10 Å². The van der Waals surface area contributed by atoms with Crippen molar-refractivity contribution < 1.29 is 76.1 Å². The van der Waals surface area contributed by atoms with E-state index in [2.05, 4.69) is 36.8 Å². The van der Waals surface area contributed by atoms with Gasteiger partial charge in [0.25, 0.3) is 0 Å². The molecular formula is C68H77N3O16S. The fourth-order valence-electron chi connectivity index (χ4n) is 8.62. The summed E-state index contributed by atoms with van der Waals surface area (Å²) in [4.78, 5) is 79.0. The second-order valence-corrected chi connectivity index (χ2v) is 20.9. The molecule has 1 heterocycles. The normalized spacial score (nSPS) is 10.9. The Morgan fingerprint density at radius 3 is 1.24 bits per heavy atom. The smallest absolute Gasteiger partial charge is 0.343 e. The Morgan fingerprint density at radius 1 is 0.432 bits per heavy atom. The first-order valence-corrected chi connectivity index (χ1v) is 30.4. The molecule has 1 aromatic heterocycles. The van der Waals surface area contributed by atoms with Gasteiger partial charge >= 0.3 is 35.8 Å². The SMILES string of the molecule is C=CC(=O)OCCCCCCOc1ccc(C(=O)Oc2c(/C=N/Nc3nc4ccc(OCCCCCCOC(=O)C=C)cc4s3)c(OCCCCCCOC(=O)C=C)c(OC(=O)c3ccc(OCCCCCCOC(=O)C=C)cc3)c3ccccc23)cc1. The summed E-state index contributed by atoms with van der Waals surface area (Å²) in [5.74, 6) is -1.20. The Morgan fingerprint density at radius 2 is 0.807 bits per heavy atom. The van der Waals surface area contributed by atoms with E-state index in [1.165, 1.54) is 17.6 Å². The quantitative estimate of drug-likeness (QED) is 0.00713. The third-order valence-electron chi connectivity index (χ3n) is 13.2. The maximum Gasteiger partial charge on any atom is 0.343 e. The molecule has 0 saturated heterocycles.